The molecule has 5 nitrogen and oxygen atoms in total. The highest BCUT2D eigenvalue weighted by Crippen LogP contribution is 2.35. The number of methoxy groups -OCH3 is 1. The Morgan fingerprint density at radius 2 is 1.91 bits per heavy atom. The number of nitrogens with two attached hydrogens (primary N) is 2. The molecule has 0 radical (unpaired) electrons. The molecule has 0 bridgehead atoms. The maximum atomic E-state index is 11.3. The molecule has 1 atom stereocenters. The standard InChI is InChI=1S/C16H18BrN3O2/c1-9(10-3-5-12(17)6-4-10)20-15-13(18)7-11(16(19)21)8-14(15)22-2/h3-9,20H,18H2,1-2H3,(H2,19,21). The van der Waals surface area contributed by atoms with Crippen molar-refractivity contribution in [2.24, 2.45) is 5.73 Å². The summed E-state index contributed by atoms with van der Waals surface area (Å²) in [6, 6.07) is 11.1. The third-order valence-corrected chi connectivity index (χ3v) is 3.90. The minimum Gasteiger partial charge on any atom is -0.494 e. The van der Waals surface area contributed by atoms with E-state index in [9.17, 15) is 4.79 Å². The lowest BCUT2D eigenvalue weighted by molar-refractivity contribution is 0.1000. The number of ether oxygens (including phenoxy) is 1. The maximum Gasteiger partial charge on any atom is 0.248 e. The van der Waals surface area contributed by atoms with Crippen molar-refractivity contribution in [2.75, 3.05) is 18.2 Å². The van der Waals surface area contributed by atoms with Gasteiger partial charge in [-0.05, 0) is 36.8 Å². The Kier molecular flexibility index (Phi) is 4.92. The number of primary amides is 1. The molecule has 0 spiro atoms. The molecule has 0 aliphatic rings. The van der Waals surface area contributed by atoms with Crippen molar-refractivity contribution >= 4 is 33.2 Å². The summed E-state index contributed by atoms with van der Waals surface area (Å²) in [7, 11) is 1.52. The molecule has 0 saturated carbocycles. The van der Waals surface area contributed by atoms with Gasteiger partial charge in [-0.15, -0.1) is 0 Å². The lowest BCUT2D eigenvalue weighted by Crippen LogP contribution is -2.14. The van der Waals surface area contributed by atoms with Crippen LogP contribution in [-0.4, -0.2) is 13.0 Å². The first-order valence-corrected chi connectivity index (χ1v) is 7.51. The monoisotopic (exact) mass is 363 g/mol. The Hall–Kier alpha value is -2.21. The van der Waals surface area contributed by atoms with Crippen LogP contribution < -0.4 is 21.5 Å². The summed E-state index contributed by atoms with van der Waals surface area (Å²) >= 11 is 3.41. The van der Waals surface area contributed by atoms with Crippen LogP contribution in [0.3, 0.4) is 0 Å². The number of hydrogen-bond acceptors (Lipinski definition) is 4. The molecular formula is C16H18BrN3O2. The molecule has 5 N–H and O–H groups in total. The van der Waals surface area contributed by atoms with Crippen LogP contribution in [0, 0.1) is 0 Å². The number of anilines is 2. The Morgan fingerprint density at radius 1 is 1.27 bits per heavy atom. The lowest BCUT2D eigenvalue weighted by Gasteiger charge is -2.20. The average Bonchev–Trinajstić information content (AvgIpc) is 2.49. The quantitative estimate of drug-likeness (QED) is 0.710. The molecule has 0 aromatic heterocycles. The zero-order valence-electron chi connectivity index (χ0n) is 12.4. The van der Waals surface area contributed by atoms with E-state index in [1.807, 2.05) is 31.2 Å². The summed E-state index contributed by atoms with van der Waals surface area (Å²) in [5.41, 5.74) is 13.8. The van der Waals surface area contributed by atoms with Crippen molar-refractivity contribution in [3.05, 3.63) is 52.0 Å². The number of rotatable bonds is 5. The van der Waals surface area contributed by atoms with Crippen LogP contribution in [-0.2, 0) is 0 Å². The molecule has 2 aromatic carbocycles. The number of nitrogens with one attached hydrogen (secondary N) is 1. The Balaban J connectivity index is 2.32. The molecule has 0 saturated heterocycles. The number of carbonyl (C=O) groups excluding carboxylic acids is 1. The smallest absolute Gasteiger partial charge is 0.248 e. The van der Waals surface area contributed by atoms with Crippen LogP contribution in [0.5, 0.6) is 5.75 Å². The van der Waals surface area contributed by atoms with E-state index in [1.54, 1.807) is 12.1 Å². The Bertz CT molecular complexity index is 687. The summed E-state index contributed by atoms with van der Waals surface area (Å²) in [4.78, 5) is 11.3. The molecular weight excluding hydrogens is 346 g/mol. The molecule has 2 rings (SSSR count). The molecule has 2 aromatic rings. The molecule has 22 heavy (non-hydrogen) atoms. The first kappa shape index (κ1) is 16.2. The SMILES string of the molecule is COc1cc(C(N)=O)cc(N)c1NC(C)c1ccc(Br)cc1. The number of benzene rings is 2. The van der Waals surface area contributed by atoms with Gasteiger partial charge < -0.3 is 21.5 Å². The van der Waals surface area contributed by atoms with Crippen molar-refractivity contribution < 1.29 is 9.53 Å². The summed E-state index contributed by atoms with van der Waals surface area (Å²) < 4.78 is 6.33. The van der Waals surface area contributed by atoms with Gasteiger partial charge in [-0.3, -0.25) is 4.79 Å². The van der Waals surface area contributed by atoms with E-state index >= 15 is 0 Å². The fourth-order valence-electron chi connectivity index (χ4n) is 2.15. The fourth-order valence-corrected chi connectivity index (χ4v) is 2.41. The van der Waals surface area contributed by atoms with Crippen LogP contribution in [0.25, 0.3) is 0 Å². The molecule has 0 heterocycles. The predicted molar refractivity (Wildman–Crippen MR) is 92.1 cm³/mol. The summed E-state index contributed by atoms with van der Waals surface area (Å²) in [5, 5.41) is 3.31. The molecule has 116 valence electrons. The van der Waals surface area contributed by atoms with Crippen LogP contribution >= 0.6 is 15.9 Å². The highest BCUT2D eigenvalue weighted by Gasteiger charge is 2.15. The van der Waals surface area contributed by atoms with Gasteiger partial charge in [0.15, 0.2) is 0 Å². The summed E-state index contributed by atoms with van der Waals surface area (Å²) in [6.07, 6.45) is 0. The van der Waals surface area contributed by atoms with E-state index in [0.29, 0.717) is 22.7 Å². The van der Waals surface area contributed by atoms with Gasteiger partial charge in [0, 0.05) is 16.1 Å². The second-order valence-corrected chi connectivity index (χ2v) is 5.84. The van der Waals surface area contributed by atoms with Gasteiger partial charge in [-0.25, -0.2) is 0 Å². The van der Waals surface area contributed by atoms with Crippen molar-refractivity contribution in [2.45, 2.75) is 13.0 Å². The minimum atomic E-state index is -0.544. The number of hydrogen-bond donors (Lipinski definition) is 3. The number of nitrogen functional groups attached to an aromatic ring is 1. The normalized spacial score (nSPS) is 11.8. The highest BCUT2D eigenvalue weighted by molar-refractivity contribution is 9.10. The molecule has 1 unspecified atom stereocenters. The van der Waals surface area contributed by atoms with Crippen LogP contribution in [0.4, 0.5) is 11.4 Å². The predicted octanol–water partition coefficient (Wildman–Crippen LogP) is 3.31. The van der Waals surface area contributed by atoms with Gasteiger partial charge in [-0.1, -0.05) is 28.1 Å². The van der Waals surface area contributed by atoms with Crippen molar-refractivity contribution in [3.63, 3.8) is 0 Å². The zero-order chi connectivity index (χ0) is 16.3. The van der Waals surface area contributed by atoms with Crippen LogP contribution in [0.2, 0.25) is 0 Å². The second-order valence-electron chi connectivity index (χ2n) is 4.92. The Labute approximate surface area is 137 Å². The number of amides is 1. The topological polar surface area (TPSA) is 90.4 Å². The molecule has 6 heteroatoms. The van der Waals surface area contributed by atoms with Gasteiger partial charge in [0.25, 0.3) is 0 Å². The van der Waals surface area contributed by atoms with Gasteiger partial charge in [0.05, 0.1) is 12.8 Å². The summed E-state index contributed by atoms with van der Waals surface area (Å²) in [5.74, 6) is -0.0599. The zero-order valence-corrected chi connectivity index (χ0v) is 14.0. The van der Waals surface area contributed by atoms with E-state index in [2.05, 4.69) is 21.2 Å². The third-order valence-electron chi connectivity index (χ3n) is 3.37. The molecule has 1 amide bonds. The first-order chi connectivity index (χ1) is 10.4. The van der Waals surface area contributed by atoms with Gasteiger partial charge in [-0.2, -0.15) is 0 Å². The molecule has 0 aliphatic heterocycles. The van der Waals surface area contributed by atoms with Gasteiger partial charge >= 0.3 is 0 Å². The lowest BCUT2D eigenvalue weighted by atomic mass is 10.1. The fraction of sp³-hybridized carbons (Fsp3) is 0.188. The van der Waals surface area contributed by atoms with Crippen LogP contribution in [0.1, 0.15) is 28.9 Å². The van der Waals surface area contributed by atoms with Crippen molar-refractivity contribution in [3.8, 4) is 5.75 Å². The molecule has 0 fully saturated rings. The summed E-state index contributed by atoms with van der Waals surface area (Å²) in [6.45, 7) is 2.02. The Morgan fingerprint density at radius 3 is 2.45 bits per heavy atom. The van der Waals surface area contributed by atoms with E-state index in [0.717, 1.165) is 10.0 Å². The number of halogens is 1. The van der Waals surface area contributed by atoms with E-state index in [1.165, 1.54) is 7.11 Å². The van der Waals surface area contributed by atoms with Crippen molar-refractivity contribution in [1.82, 2.24) is 0 Å². The van der Waals surface area contributed by atoms with Gasteiger partial charge in [0.2, 0.25) is 5.91 Å². The maximum absolute atomic E-state index is 11.3. The van der Waals surface area contributed by atoms with Gasteiger partial charge in [0.1, 0.15) is 11.4 Å². The van der Waals surface area contributed by atoms with Crippen LogP contribution in [0.15, 0.2) is 40.9 Å². The average molecular weight is 364 g/mol. The largest absolute Gasteiger partial charge is 0.494 e. The van der Waals surface area contributed by atoms with E-state index in [-0.39, 0.29) is 6.04 Å². The second kappa shape index (κ2) is 6.70. The number of carbonyl (C=O) groups is 1. The van der Waals surface area contributed by atoms with E-state index in [4.69, 9.17) is 16.2 Å². The van der Waals surface area contributed by atoms with E-state index < -0.39 is 5.91 Å². The minimum absolute atomic E-state index is 0.0173. The first-order valence-electron chi connectivity index (χ1n) is 6.71. The van der Waals surface area contributed by atoms with Crippen molar-refractivity contribution in [1.29, 1.82) is 0 Å². The molecule has 0 aliphatic carbocycles. The highest BCUT2D eigenvalue weighted by atomic mass is 79.9. The third kappa shape index (κ3) is 3.51.